The SMILES string of the molecule is c1cc2c(cc1C1CC1)CO[C@H]1CCCN[C@@H]21. The molecule has 0 unspecified atom stereocenters. The van der Waals surface area contributed by atoms with Crippen molar-refractivity contribution in [2.45, 2.75) is 50.4 Å². The zero-order chi connectivity index (χ0) is 11.2. The second-order valence-electron chi connectivity index (χ2n) is 5.66. The molecular weight excluding hydrogens is 210 g/mol. The first kappa shape index (κ1) is 10.1. The minimum Gasteiger partial charge on any atom is -0.372 e. The maximum atomic E-state index is 6.00. The predicted molar refractivity (Wildman–Crippen MR) is 67.0 cm³/mol. The van der Waals surface area contributed by atoms with Gasteiger partial charge in [0.2, 0.25) is 0 Å². The molecule has 3 aliphatic rings. The second-order valence-corrected chi connectivity index (χ2v) is 5.66. The zero-order valence-corrected chi connectivity index (χ0v) is 10.1. The standard InChI is InChI=1S/C15H19NO/c1-2-14-15(16-7-1)13-6-5-11(10-3-4-10)8-12(13)9-17-14/h5-6,8,10,14-16H,1-4,7,9H2/t14-,15-/m0/s1. The molecule has 0 bridgehead atoms. The minimum absolute atomic E-state index is 0.406. The number of hydrogen-bond donors (Lipinski definition) is 1. The fourth-order valence-corrected chi connectivity index (χ4v) is 3.27. The third kappa shape index (κ3) is 1.71. The quantitative estimate of drug-likeness (QED) is 0.799. The highest BCUT2D eigenvalue weighted by Crippen LogP contribution is 2.42. The smallest absolute Gasteiger partial charge is 0.0774 e. The van der Waals surface area contributed by atoms with Gasteiger partial charge in [0, 0.05) is 0 Å². The summed E-state index contributed by atoms with van der Waals surface area (Å²) in [5.41, 5.74) is 4.44. The number of piperidine rings is 1. The van der Waals surface area contributed by atoms with E-state index in [0.29, 0.717) is 12.1 Å². The molecule has 0 radical (unpaired) electrons. The summed E-state index contributed by atoms with van der Waals surface area (Å²) in [6.45, 7) is 1.95. The first-order valence-corrected chi connectivity index (χ1v) is 6.89. The summed E-state index contributed by atoms with van der Waals surface area (Å²) in [5, 5.41) is 3.62. The van der Waals surface area contributed by atoms with Crippen molar-refractivity contribution in [1.29, 1.82) is 0 Å². The Kier molecular flexibility index (Phi) is 2.27. The summed E-state index contributed by atoms with van der Waals surface area (Å²) in [7, 11) is 0. The lowest BCUT2D eigenvalue weighted by molar-refractivity contribution is -0.0177. The molecule has 2 nitrogen and oxygen atoms in total. The summed E-state index contributed by atoms with van der Waals surface area (Å²) < 4.78 is 6.00. The van der Waals surface area contributed by atoms with Gasteiger partial charge in [-0.25, -0.2) is 0 Å². The minimum atomic E-state index is 0.406. The van der Waals surface area contributed by atoms with Crippen LogP contribution < -0.4 is 5.32 Å². The van der Waals surface area contributed by atoms with Crippen LogP contribution in [-0.4, -0.2) is 12.6 Å². The number of benzene rings is 1. The Morgan fingerprint density at radius 1 is 1.18 bits per heavy atom. The van der Waals surface area contributed by atoms with E-state index in [0.717, 1.165) is 19.1 Å². The number of ether oxygens (including phenoxy) is 1. The van der Waals surface area contributed by atoms with Gasteiger partial charge in [-0.15, -0.1) is 0 Å². The van der Waals surface area contributed by atoms with Gasteiger partial charge in [-0.05, 0) is 54.8 Å². The third-order valence-corrected chi connectivity index (χ3v) is 4.41. The average molecular weight is 229 g/mol. The fraction of sp³-hybridized carbons (Fsp3) is 0.600. The lowest BCUT2D eigenvalue weighted by atomic mass is 9.88. The van der Waals surface area contributed by atoms with E-state index in [1.165, 1.54) is 42.4 Å². The van der Waals surface area contributed by atoms with Crippen LogP contribution in [0.15, 0.2) is 18.2 Å². The summed E-state index contributed by atoms with van der Waals surface area (Å²) in [6, 6.07) is 7.52. The summed E-state index contributed by atoms with van der Waals surface area (Å²) in [4.78, 5) is 0. The molecule has 1 N–H and O–H groups in total. The Labute approximate surface area is 102 Å². The Balaban J connectivity index is 1.70. The number of nitrogens with one attached hydrogen (secondary N) is 1. The van der Waals surface area contributed by atoms with Crippen LogP contribution in [0.25, 0.3) is 0 Å². The van der Waals surface area contributed by atoms with Gasteiger partial charge in [0.25, 0.3) is 0 Å². The molecule has 17 heavy (non-hydrogen) atoms. The van der Waals surface area contributed by atoms with E-state index < -0.39 is 0 Å². The molecule has 90 valence electrons. The van der Waals surface area contributed by atoms with E-state index in [-0.39, 0.29) is 0 Å². The third-order valence-electron chi connectivity index (χ3n) is 4.41. The molecule has 2 atom stereocenters. The molecule has 1 saturated carbocycles. The Morgan fingerprint density at radius 3 is 3.00 bits per heavy atom. The van der Waals surface area contributed by atoms with Crippen molar-refractivity contribution in [3.63, 3.8) is 0 Å². The lowest BCUT2D eigenvalue weighted by Crippen LogP contribution is -2.42. The summed E-state index contributed by atoms with van der Waals surface area (Å²) >= 11 is 0. The van der Waals surface area contributed by atoms with Gasteiger partial charge < -0.3 is 10.1 Å². The van der Waals surface area contributed by atoms with Crippen molar-refractivity contribution in [3.8, 4) is 0 Å². The zero-order valence-electron chi connectivity index (χ0n) is 10.1. The molecule has 0 spiro atoms. The van der Waals surface area contributed by atoms with E-state index in [1.807, 2.05) is 0 Å². The Bertz CT molecular complexity index is 439. The van der Waals surface area contributed by atoms with Crippen molar-refractivity contribution in [2.24, 2.45) is 0 Å². The van der Waals surface area contributed by atoms with Gasteiger partial charge in [-0.1, -0.05) is 18.2 Å². The fourth-order valence-electron chi connectivity index (χ4n) is 3.27. The van der Waals surface area contributed by atoms with Gasteiger partial charge in [0.1, 0.15) is 0 Å². The maximum absolute atomic E-state index is 6.00. The molecule has 0 aromatic heterocycles. The lowest BCUT2D eigenvalue weighted by Gasteiger charge is -2.38. The van der Waals surface area contributed by atoms with E-state index in [1.54, 1.807) is 0 Å². The second kappa shape index (κ2) is 3.82. The molecule has 2 heterocycles. The molecule has 1 aliphatic carbocycles. The molecule has 2 aliphatic heterocycles. The number of fused-ring (bicyclic) bond motifs is 3. The van der Waals surface area contributed by atoms with Crippen LogP contribution in [0.1, 0.15) is 54.3 Å². The van der Waals surface area contributed by atoms with E-state index >= 15 is 0 Å². The molecule has 2 fully saturated rings. The highest BCUT2D eigenvalue weighted by molar-refractivity contribution is 5.38. The van der Waals surface area contributed by atoms with Crippen LogP contribution in [0.4, 0.5) is 0 Å². The normalized spacial score (nSPS) is 31.8. The predicted octanol–water partition coefficient (Wildman–Crippen LogP) is 2.89. The van der Waals surface area contributed by atoms with Crippen LogP contribution in [0, 0.1) is 0 Å². The van der Waals surface area contributed by atoms with Gasteiger partial charge in [-0.2, -0.15) is 0 Å². The summed E-state index contributed by atoms with van der Waals surface area (Å²) in [6.07, 6.45) is 5.62. The van der Waals surface area contributed by atoms with E-state index in [4.69, 9.17) is 4.74 Å². The summed E-state index contributed by atoms with van der Waals surface area (Å²) in [5.74, 6) is 0.845. The highest BCUT2D eigenvalue weighted by atomic mass is 16.5. The average Bonchev–Trinajstić information content (AvgIpc) is 3.22. The van der Waals surface area contributed by atoms with Crippen LogP contribution >= 0.6 is 0 Å². The van der Waals surface area contributed by atoms with E-state index in [9.17, 15) is 0 Å². The first-order valence-electron chi connectivity index (χ1n) is 6.89. The van der Waals surface area contributed by atoms with Crippen molar-refractivity contribution >= 4 is 0 Å². The molecule has 1 saturated heterocycles. The molecule has 1 aromatic rings. The monoisotopic (exact) mass is 229 g/mol. The van der Waals surface area contributed by atoms with Gasteiger partial charge >= 0.3 is 0 Å². The van der Waals surface area contributed by atoms with Gasteiger partial charge in [0.15, 0.2) is 0 Å². The van der Waals surface area contributed by atoms with Crippen LogP contribution in [0.3, 0.4) is 0 Å². The molecule has 0 amide bonds. The van der Waals surface area contributed by atoms with Crippen molar-refractivity contribution in [1.82, 2.24) is 5.32 Å². The van der Waals surface area contributed by atoms with Gasteiger partial charge in [0.05, 0.1) is 18.8 Å². The largest absolute Gasteiger partial charge is 0.372 e. The Hall–Kier alpha value is -0.860. The number of rotatable bonds is 1. The molecule has 1 aromatic carbocycles. The van der Waals surface area contributed by atoms with Crippen molar-refractivity contribution in [3.05, 3.63) is 34.9 Å². The topological polar surface area (TPSA) is 21.3 Å². The van der Waals surface area contributed by atoms with E-state index in [2.05, 4.69) is 23.5 Å². The van der Waals surface area contributed by atoms with Crippen LogP contribution in [-0.2, 0) is 11.3 Å². The van der Waals surface area contributed by atoms with Crippen LogP contribution in [0.2, 0.25) is 0 Å². The number of hydrogen-bond acceptors (Lipinski definition) is 2. The van der Waals surface area contributed by atoms with Crippen LogP contribution in [0.5, 0.6) is 0 Å². The van der Waals surface area contributed by atoms with Crippen molar-refractivity contribution in [2.75, 3.05) is 6.54 Å². The molecule has 4 rings (SSSR count). The van der Waals surface area contributed by atoms with Crippen molar-refractivity contribution < 1.29 is 4.74 Å². The maximum Gasteiger partial charge on any atom is 0.0774 e. The highest BCUT2D eigenvalue weighted by Gasteiger charge is 2.33. The first-order chi connectivity index (χ1) is 8.42. The molecule has 2 heteroatoms. The Morgan fingerprint density at radius 2 is 2.12 bits per heavy atom. The van der Waals surface area contributed by atoms with Gasteiger partial charge in [-0.3, -0.25) is 0 Å². The molecular formula is C15H19NO.